The van der Waals surface area contributed by atoms with E-state index in [-0.39, 0.29) is 23.0 Å². The van der Waals surface area contributed by atoms with Gasteiger partial charge in [-0.1, -0.05) is 18.2 Å². The molecule has 0 unspecified atom stereocenters. The fourth-order valence-corrected chi connectivity index (χ4v) is 2.84. The van der Waals surface area contributed by atoms with E-state index in [1.54, 1.807) is 53.5 Å². The van der Waals surface area contributed by atoms with E-state index in [0.717, 1.165) is 11.8 Å². The van der Waals surface area contributed by atoms with Gasteiger partial charge in [-0.3, -0.25) is 4.79 Å². The van der Waals surface area contributed by atoms with Crippen LogP contribution >= 0.6 is 0 Å². The predicted octanol–water partition coefficient (Wildman–Crippen LogP) is 1.60. The summed E-state index contributed by atoms with van der Waals surface area (Å²) >= 11 is 0. The average molecular weight is 356 g/mol. The molecule has 1 aromatic carbocycles. The first-order valence-corrected chi connectivity index (χ1v) is 9.37. The molecule has 0 saturated carbocycles. The molecule has 3 rings (SSSR count). The van der Waals surface area contributed by atoms with Gasteiger partial charge in [0.25, 0.3) is 5.91 Å². The Hall–Kier alpha value is -3.00. The Bertz CT molecular complexity index is 981. The molecule has 25 heavy (non-hydrogen) atoms. The lowest BCUT2D eigenvalue weighted by molar-refractivity contribution is 0.0946. The summed E-state index contributed by atoms with van der Waals surface area (Å²) in [7, 11) is -3.23. The van der Waals surface area contributed by atoms with E-state index in [1.807, 2.05) is 0 Å². The van der Waals surface area contributed by atoms with Crippen molar-refractivity contribution >= 4 is 15.7 Å². The first-order chi connectivity index (χ1) is 11.9. The Morgan fingerprint density at radius 1 is 1.12 bits per heavy atom. The molecule has 0 radical (unpaired) electrons. The summed E-state index contributed by atoms with van der Waals surface area (Å²) in [6.45, 7) is 0.274. The maximum absolute atomic E-state index is 12.3. The Kier molecular flexibility index (Phi) is 4.62. The fraction of sp³-hybridized carbons (Fsp3) is 0.118. The lowest BCUT2D eigenvalue weighted by Gasteiger charge is -2.07. The first kappa shape index (κ1) is 16.8. The second-order valence-corrected chi connectivity index (χ2v) is 7.45. The molecule has 0 saturated heterocycles. The number of amides is 1. The zero-order chi connectivity index (χ0) is 17.9. The smallest absolute Gasteiger partial charge is 0.270 e. The second kappa shape index (κ2) is 6.86. The van der Waals surface area contributed by atoms with Gasteiger partial charge in [0, 0.05) is 25.2 Å². The van der Waals surface area contributed by atoms with Crippen LogP contribution < -0.4 is 5.32 Å². The monoisotopic (exact) mass is 356 g/mol. The summed E-state index contributed by atoms with van der Waals surface area (Å²) < 4.78 is 24.4. The Morgan fingerprint density at radius 2 is 1.88 bits per heavy atom. The molecule has 0 atom stereocenters. The lowest BCUT2D eigenvalue weighted by atomic mass is 10.2. The highest BCUT2D eigenvalue weighted by atomic mass is 32.2. The summed E-state index contributed by atoms with van der Waals surface area (Å²) in [6, 6.07) is 13.3. The molecule has 128 valence electrons. The fourth-order valence-electron chi connectivity index (χ4n) is 2.21. The van der Waals surface area contributed by atoms with Gasteiger partial charge in [0.05, 0.1) is 4.90 Å². The topological polar surface area (TPSA) is 94.0 Å². The van der Waals surface area contributed by atoms with Crippen molar-refractivity contribution < 1.29 is 13.2 Å². The van der Waals surface area contributed by atoms with Crippen LogP contribution in [0.1, 0.15) is 16.1 Å². The number of carbonyl (C=O) groups excluding carboxylic acids is 1. The minimum absolute atomic E-state index is 0.246. The number of nitrogens with zero attached hydrogens (tertiary/aromatic N) is 3. The van der Waals surface area contributed by atoms with E-state index in [9.17, 15) is 13.2 Å². The first-order valence-electron chi connectivity index (χ1n) is 7.48. The van der Waals surface area contributed by atoms with E-state index >= 15 is 0 Å². The SMILES string of the molecule is CS(=O)(=O)c1ccc(CNC(=O)c2cccc(-n3cccn3)n2)cc1. The van der Waals surface area contributed by atoms with Crippen molar-refractivity contribution in [2.45, 2.75) is 11.4 Å². The Morgan fingerprint density at radius 3 is 2.52 bits per heavy atom. The standard InChI is InChI=1S/C17H16N4O3S/c1-25(23,24)14-8-6-13(7-9-14)12-18-17(22)15-4-2-5-16(20-15)21-11-3-10-19-21/h2-11H,12H2,1H3,(H,18,22). The Balaban J connectivity index is 1.68. The van der Waals surface area contributed by atoms with Gasteiger partial charge >= 0.3 is 0 Å². The van der Waals surface area contributed by atoms with Gasteiger partial charge < -0.3 is 5.32 Å². The van der Waals surface area contributed by atoms with Crippen LogP contribution in [0.25, 0.3) is 5.82 Å². The molecule has 0 aliphatic heterocycles. The molecule has 2 heterocycles. The minimum Gasteiger partial charge on any atom is -0.347 e. The van der Waals surface area contributed by atoms with Gasteiger partial charge in [-0.25, -0.2) is 18.1 Å². The molecule has 2 aromatic heterocycles. The van der Waals surface area contributed by atoms with Crippen molar-refractivity contribution in [3.63, 3.8) is 0 Å². The molecule has 0 fully saturated rings. The van der Waals surface area contributed by atoms with Crippen LogP contribution in [0.2, 0.25) is 0 Å². The number of sulfone groups is 1. The van der Waals surface area contributed by atoms with Crippen molar-refractivity contribution in [3.05, 3.63) is 72.2 Å². The highest BCUT2D eigenvalue weighted by Gasteiger charge is 2.10. The second-order valence-electron chi connectivity index (χ2n) is 5.43. The van der Waals surface area contributed by atoms with Gasteiger partial charge in [0.15, 0.2) is 15.7 Å². The van der Waals surface area contributed by atoms with Crippen molar-refractivity contribution in [2.75, 3.05) is 6.26 Å². The number of carbonyl (C=O) groups is 1. The number of hydrogen-bond acceptors (Lipinski definition) is 5. The third-order valence-electron chi connectivity index (χ3n) is 3.51. The number of hydrogen-bond donors (Lipinski definition) is 1. The number of benzene rings is 1. The predicted molar refractivity (Wildman–Crippen MR) is 92.1 cm³/mol. The third-order valence-corrected chi connectivity index (χ3v) is 4.64. The number of aromatic nitrogens is 3. The van der Waals surface area contributed by atoms with Crippen LogP contribution in [0.4, 0.5) is 0 Å². The lowest BCUT2D eigenvalue weighted by Crippen LogP contribution is -2.24. The molecule has 0 aliphatic carbocycles. The molecular formula is C17H16N4O3S. The van der Waals surface area contributed by atoms with Crippen LogP contribution in [-0.4, -0.2) is 35.3 Å². The van der Waals surface area contributed by atoms with E-state index in [2.05, 4.69) is 15.4 Å². The molecule has 1 amide bonds. The van der Waals surface area contributed by atoms with Gasteiger partial charge in [-0.2, -0.15) is 5.10 Å². The zero-order valence-electron chi connectivity index (χ0n) is 13.5. The molecular weight excluding hydrogens is 340 g/mol. The maximum atomic E-state index is 12.3. The molecule has 7 nitrogen and oxygen atoms in total. The van der Waals surface area contributed by atoms with Crippen molar-refractivity contribution in [1.29, 1.82) is 0 Å². The van der Waals surface area contributed by atoms with Gasteiger partial charge in [-0.05, 0) is 35.9 Å². The zero-order valence-corrected chi connectivity index (χ0v) is 14.3. The van der Waals surface area contributed by atoms with Crippen LogP contribution in [0.5, 0.6) is 0 Å². The van der Waals surface area contributed by atoms with Gasteiger partial charge in [0.2, 0.25) is 0 Å². The number of nitrogens with one attached hydrogen (secondary N) is 1. The highest BCUT2D eigenvalue weighted by Crippen LogP contribution is 2.10. The van der Waals surface area contributed by atoms with E-state index in [0.29, 0.717) is 5.82 Å². The molecule has 8 heteroatoms. The molecule has 0 aliphatic rings. The molecule has 3 aromatic rings. The van der Waals surface area contributed by atoms with Gasteiger partial charge in [-0.15, -0.1) is 0 Å². The largest absolute Gasteiger partial charge is 0.347 e. The van der Waals surface area contributed by atoms with Crippen molar-refractivity contribution in [2.24, 2.45) is 0 Å². The average Bonchev–Trinajstić information content (AvgIpc) is 3.14. The van der Waals surface area contributed by atoms with E-state index in [4.69, 9.17) is 0 Å². The van der Waals surface area contributed by atoms with E-state index in [1.165, 1.54) is 12.1 Å². The number of rotatable bonds is 5. The van der Waals surface area contributed by atoms with Crippen LogP contribution in [0.15, 0.2) is 65.8 Å². The van der Waals surface area contributed by atoms with Crippen LogP contribution in [0.3, 0.4) is 0 Å². The van der Waals surface area contributed by atoms with Crippen LogP contribution in [0, 0.1) is 0 Å². The molecule has 0 spiro atoms. The summed E-state index contributed by atoms with van der Waals surface area (Å²) in [6.07, 6.45) is 4.53. The van der Waals surface area contributed by atoms with Crippen LogP contribution in [-0.2, 0) is 16.4 Å². The summed E-state index contributed by atoms with van der Waals surface area (Å²) in [5.41, 5.74) is 1.07. The summed E-state index contributed by atoms with van der Waals surface area (Å²) in [5.74, 6) is 0.233. The summed E-state index contributed by atoms with van der Waals surface area (Å²) in [4.78, 5) is 16.8. The third kappa shape index (κ3) is 4.10. The number of pyridine rings is 1. The normalized spacial score (nSPS) is 11.2. The molecule has 0 bridgehead atoms. The maximum Gasteiger partial charge on any atom is 0.270 e. The Labute approximate surface area is 145 Å². The van der Waals surface area contributed by atoms with Crippen molar-refractivity contribution in [3.8, 4) is 5.82 Å². The van der Waals surface area contributed by atoms with E-state index < -0.39 is 9.84 Å². The summed E-state index contributed by atoms with van der Waals surface area (Å²) in [5, 5.41) is 6.85. The van der Waals surface area contributed by atoms with Gasteiger partial charge in [0.1, 0.15) is 5.69 Å². The minimum atomic E-state index is -3.23. The quantitative estimate of drug-likeness (QED) is 0.749. The molecule has 1 N–H and O–H groups in total. The highest BCUT2D eigenvalue weighted by molar-refractivity contribution is 7.90. The van der Waals surface area contributed by atoms with Crippen molar-refractivity contribution in [1.82, 2.24) is 20.1 Å².